The summed E-state index contributed by atoms with van der Waals surface area (Å²) in [5, 5.41) is 0.303. The molecule has 0 N–H and O–H groups in total. The average Bonchev–Trinajstić information content (AvgIpc) is 2.43. The van der Waals surface area contributed by atoms with Crippen molar-refractivity contribution in [3.8, 4) is 0 Å². The lowest BCUT2D eigenvalue weighted by atomic mass is 10.2. The van der Waals surface area contributed by atoms with Crippen molar-refractivity contribution in [1.29, 1.82) is 0 Å². The van der Waals surface area contributed by atoms with Crippen LogP contribution in [-0.4, -0.2) is 19.8 Å². The van der Waals surface area contributed by atoms with Crippen LogP contribution in [0, 0.1) is 11.6 Å². The van der Waals surface area contributed by atoms with Crippen molar-refractivity contribution in [2.45, 2.75) is 11.4 Å². The molecule has 0 saturated carbocycles. The molecule has 0 saturated heterocycles. The van der Waals surface area contributed by atoms with Crippen LogP contribution in [0.4, 0.5) is 8.78 Å². The molecule has 0 aliphatic carbocycles. The molecule has 2 aromatic rings. The second kappa shape index (κ2) is 6.09. The summed E-state index contributed by atoms with van der Waals surface area (Å²) in [4.78, 5) is 0.0417. The lowest BCUT2D eigenvalue weighted by Gasteiger charge is -2.17. The molecule has 3 nitrogen and oxygen atoms in total. The highest BCUT2D eigenvalue weighted by atomic mass is 35.5. The lowest BCUT2D eigenvalue weighted by molar-refractivity contribution is 0.462. The minimum atomic E-state index is -3.75. The molecule has 0 spiro atoms. The molecular formula is C14H12ClF2NO2S. The number of rotatable bonds is 4. The molecule has 0 bridgehead atoms. The van der Waals surface area contributed by atoms with E-state index in [0.717, 1.165) is 16.4 Å². The number of hydrogen-bond acceptors (Lipinski definition) is 2. The number of benzene rings is 2. The summed E-state index contributed by atoms with van der Waals surface area (Å²) < 4.78 is 51.7. The zero-order chi connectivity index (χ0) is 15.6. The molecule has 2 aromatic carbocycles. The van der Waals surface area contributed by atoms with Gasteiger partial charge < -0.3 is 0 Å². The minimum Gasteiger partial charge on any atom is -0.207 e. The van der Waals surface area contributed by atoms with Gasteiger partial charge in [-0.1, -0.05) is 23.7 Å². The summed E-state index contributed by atoms with van der Waals surface area (Å²) in [6.07, 6.45) is 0. The van der Waals surface area contributed by atoms with E-state index in [2.05, 4.69) is 0 Å². The van der Waals surface area contributed by atoms with E-state index in [9.17, 15) is 17.2 Å². The van der Waals surface area contributed by atoms with Crippen LogP contribution in [0.3, 0.4) is 0 Å². The smallest absolute Gasteiger partial charge is 0.207 e. The summed E-state index contributed by atoms with van der Waals surface area (Å²) in [7, 11) is -2.39. The summed E-state index contributed by atoms with van der Waals surface area (Å²) in [6.45, 7) is -0.0773. The summed E-state index contributed by atoms with van der Waals surface area (Å²) in [6, 6.07) is 9.12. The van der Waals surface area contributed by atoms with Gasteiger partial charge in [0.25, 0.3) is 0 Å². The quantitative estimate of drug-likeness (QED) is 0.860. The van der Waals surface area contributed by atoms with E-state index in [0.29, 0.717) is 10.6 Å². The fourth-order valence-corrected chi connectivity index (χ4v) is 3.25. The highest BCUT2D eigenvalue weighted by molar-refractivity contribution is 7.89. The van der Waals surface area contributed by atoms with Crippen molar-refractivity contribution in [2.75, 3.05) is 7.05 Å². The molecule has 0 aliphatic heterocycles. The summed E-state index contributed by atoms with van der Waals surface area (Å²) >= 11 is 5.78. The van der Waals surface area contributed by atoms with Gasteiger partial charge in [0, 0.05) is 18.6 Å². The van der Waals surface area contributed by atoms with E-state index in [1.807, 2.05) is 0 Å². The monoisotopic (exact) mass is 331 g/mol. The standard InChI is InChI=1S/C14H12ClF2NO2S/c1-18(9-10-5-6-13(16)14(17)7-10)21(19,20)12-4-2-3-11(15)8-12/h2-8H,9H2,1H3. The fraction of sp³-hybridized carbons (Fsp3) is 0.143. The molecule has 0 fully saturated rings. The van der Waals surface area contributed by atoms with Gasteiger partial charge >= 0.3 is 0 Å². The van der Waals surface area contributed by atoms with Crippen molar-refractivity contribution < 1.29 is 17.2 Å². The molecule has 7 heteroatoms. The minimum absolute atomic E-state index is 0.0417. The topological polar surface area (TPSA) is 37.4 Å². The Hall–Kier alpha value is -1.50. The van der Waals surface area contributed by atoms with Crippen molar-refractivity contribution in [3.63, 3.8) is 0 Å². The van der Waals surface area contributed by atoms with Crippen LogP contribution in [0.5, 0.6) is 0 Å². The first-order valence-electron chi connectivity index (χ1n) is 5.96. The average molecular weight is 332 g/mol. The van der Waals surface area contributed by atoms with Gasteiger partial charge in [-0.15, -0.1) is 0 Å². The van der Waals surface area contributed by atoms with Crippen molar-refractivity contribution in [3.05, 3.63) is 64.7 Å². The maximum absolute atomic E-state index is 13.1. The van der Waals surface area contributed by atoms with Gasteiger partial charge in [-0.25, -0.2) is 17.2 Å². The van der Waals surface area contributed by atoms with Gasteiger partial charge in [-0.2, -0.15) is 4.31 Å². The lowest BCUT2D eigenvalue weighted by Crippen LogP contribution is -2.26. The van der Waals surface area contributed by atoms with Gasteiger partial charge in [0.1, 0.15) is 0 Å². The Kier molecular flexibility index (Phi) is 4.61. The van der Waals surface area contributed by atoms with E-state index in [4.69, 9.17) is 11.6 Å². The molecule has 2 rings (SSSR count). The SMILES string of the molecule is CN(Cc1ccc(F)c(F)c1)S(=O)(=O)c1cccc(Cl)c1. The summed E-state index contributed by atoms with van der Waals surface area (Å²) in [5.41, 5.74) is 0.349. The first-order valence-corrected chi connectivity index (χ1v) is 7.78. The van der Waals surface area contributed by atoms with Crippen molar-refractivity contribution in [1.82, 2.24) is 4.31 Å². The molecule has 21 heavy (non-hydrogen) atoms. The molecule has 0 aliphatic rings. The first kappa shape index (κ1) is 15.9. The highest BCUT2D eigenvalue weighted by Gasteiger charge is 2.21. The van der Waals surface area contributed by atoms with E-state index >= 15 is 0 Å². The predicted molar refractivity (Wildman–Crippen MR) is 76.5 cm³/mol. The van der Waals surface area contributed by atoms with Gasteiger partial charge in [-0.05, 0) is 35.9 Å². The van der Waals surface area contributed by atoms with Gasteiger partial charge in [-0.3, -0.25) is 0 Å². The van der Waals surface area contributed by atoms with Crippen LogP contribution in [0.15, 0.2) is 47.4 Å². The molecule has 0 heterocycles. The van der Waals surface area contributed by atoms with Crippen LogP contribution in [0.25, 0.3) is 0 Å². The van der Waals surface area contributed by atoms with Crippen LogP contribution in [-0.2, 0) is 16.6 Å². The first-order chi connectivity index (χ1) is 9.80. The third-order valence-corrected chi connectivity index (χ3v) is 4.93. The molecule has 0 amide bonds. The molecule has 0 radical (unpaired) electrons. The largest absolute Gasteiger partial charge is 0.243 e. The van der Waals surface area contributed by atoms with Crippen LogP contribution in [0.2, 0.25) is 5.02 Å². The van der Waals surface area contributed by atoms with E-state index < -0.39 is 21.7 Å². The Morgan fingerprint density at radius 2 is 1.81 bits per heavy atom. The zero-order valence-electron chi connectivity index (χ0n) is 11.1. The van der Waals surface area contributed by atoms with Crippen molar-refractivity contribution in [2.24, 2.45) is 0 Å². The van der Waals surface area contributed by atoms with E-state index in [1.54, 1.807) is 6.07 Å². The number of halogens is 3. The zero-order valence-corrected chi connectivity index (χ0v) is 12.6. The maximum atomic E-state index is 13.1. The van der Waals surface area contributed by atoms with Gasteiger partial charge in [0.05, 0.1) is 4.90 Å². The third-order valence-electron chi connectivity index (χ3n) is 2.89. The second-order valence-corrected chi connectivity index (χ2v) is 6.95. The third kappa shape index (κ3) is 3.58. The molecular weight excluding hydrogens is 320 g/mol. The number of sulfonamides is 1. The highest BCUT2D eigenvalue weighted by Crippen LogP contribution is 2.20. The number of nitrogens with zero attached hydrogens (tertiary/aromatic N) is 1. The second-order valence-electron chi connectivity index (χ2n) is 4.47. The Bertz CT molecular complexity index is 765. The van der Waals surface area contributed by atoms with Crippen LogP contribution >= 0.6 is 11.6 Å². The molecule has 0 aromatic heterocycles. The number of hydrogen-bond donors (Lipinski definition) is 0. The van der Waals surface area contributed by atoms with Crippen molar-refractivity contribution >= 4 is 21.6 Å². The Labute approximate surface area is 126 Å². The molecule has 0 unspecified atom stereocenters. The van der Waals surface area contributed by atoms with Crippen LogP contribution in [0.1, 0.15) is 5.56 Å². The Morgan fingerprint density at radius 1 is 1.10 bits per heavy atom. The predicted octanol–water partition coefficient (Wildman–Crippen LogP) is 3.44. The summed E-state index contributed by atoms with van der Waals surface area (Å²) in [5.74, 6) is -1.99. The fourth-order valence-electron chi connectivity index (χ4n) is 1.79. The maximum Gasteiger partial charge on any atom is 0.243 e. The normalized spacial score (nSPS) is 11.9. The Morgan fingerprint density at radius 3 is 2.43 bits per heavy atom. The van der Waals surface area contributed by atoms with E-state index in [-0.39, 0.29) is 11.4 Å². The van der Waals surface area contributed by atoms with E-state index in [1.165, 1.54) is 31.3 Å². The van der Waals surface area contributed by atoms with Gasteiger partial charge in [0.15, 0.2) is 11.6 Å². The molecule has 112 valence electrons. The molecule has 0 atom stereocenters. The van der Waals surface area contributed by atoms with Gasteiger partial charge in [0.2, 0.25) is 10.0 Å². The Balaban J connectivity index is 2.26. The van der Waals surface area contributed by atoms with Crippen LogP contribution < -0.4 is 0 Å².